The number of nitrogens with two attached hydrogens (primary N) is 1. The summed E-state index contributed by atoms with van der Waals surface area (Å²) in [4.78, 5) is 73.1. The summed E-state index contributed by atoms with van der Waals surface area (Å²) in [5.41, 5.74) is 19.0. The Morgan fingerprint density at radius 1 is 0.342 bits per heavy atom. The number of likely N-dealkylation sites (N-methyl/N-ethyl adjacent to an activating group) is 1. The molecule has 4 aromatic carbocycles. The molecule has 20 heterocycles. The van der Waals surface area contributed by atoms with E-state index in [1.54, 1.807) is 51.4 Å². The van der Waals surface area contributed by atoms with Crippen molar-refractivity contribution in [1.82, 2.24) is 77.7 Å². The highest BCUT2D eigenvalue weighted by Gasteiger charge is 2.66. The van der Waals surface area contributed by atoms with Gasteiger partial charge in [0.15, 0.2) is 78.1 Å². The number of aryl methyl sites for hydroxylation is 8. The maximum absolute atomic E-state index is 13.4. The van der Waals surface area contributed by atoms with Crippen molar-refractivity contribution in [1.29, 1.82) is 0 Å². The Hall–Kier alpha value is -10.7. The van der Waals surface area contributed by atoms with Gasteiger partial charge in [-0.1, -0.05) is 113 Å². The van der Waals surface area contributed by atoms with Crippen molar-refractivity contribution < 1.29 is 101 Å². The number of fused-ring (bicyclic) bond motifs is 14. The molecule has 4 aliphatic carbocycles. The highest BCUT2D eigenvalue weighted by atomic mass is 35.5. The lowest BCUT2D eigenvalue weighted by atomic mass is 9.81. The molecule has 38 nitrogen and oxygen atoms in total. The van der Waals surface area contributed by atoms with Crippen LogP contribution in [0.15, 0.2) is 166 Å². The van der Waals surface area contributed by atoms with Crippen LogP contribution >= 0.6 is 46.4 Å². The lowest BCUT2D eigenvalue weighted by molar-refractivity contribution is -0.221. The minimum atomic E-state index is -1.26. The number of nitrogens with zero attached hydrogens (tertiary/aromatic N) is 16. The number of carbonyl (C=O) groups excluding carboxylic acids is 2. The lowest BCUT2D eigenvalue weighted by Gasteiger charge is -2.35. The van der Waals surface area contributed by atoms with E-state index in [-0.39, 0.29) is 11.7 Å². The Kier molecular flexibility index (Phi) is 24.8. The van der Waals surface area contributed by atoms with Gasteiger partial charge < -0.3 is 115 Å². The van der Waals surface area contributed by atoms with Gasteiger partial charge in [-0.25, -0.2) is 54.9 Å². The van der Waals surface area contributed by atoms with E-state index in [1.165, 1.54) is 90.3 Å². The molecule has 42 heteroatoms. The Labute approximate surface area is 875 Å². The van der Waals surface area contributed by atoms with Crippen molar-refractivity contribution in [2.24, 2.45) is 0 Å². The second-order valence-electron chi connectivity index (χ2n) is 43.0. The van der Waals surface area contributed by atoms with Gasteiger partial charge in [0.1, 0.15) is 182 Å². The van der Waals surface area contributed by atoms with Crippen molar-refractivity contribution in [3.63, 3.8) is 0 Å². The molecule has 1 amide bonds. The van der Waals surface area contributed by atoms with Crippen LogP contribution in [0.1, 0.15) is 193 Å². The molecule has 10 saturated heterocycles. The van der Waals surface area contributed by atoms with Crippen LogP contribution in [0.4, 0.5) is 5.82 Å². The second kappa shape index (κ2) is 36.8. The summed E-state index contributed by atoms with van der Waals surface area (Å²) in [6, 6.07) is 33.6. The second-order valence-corrected chi connectivity index (χ2v) is 44.5. The van der Waals surface area contributed by atoms with E-state index in [0.29, 0.717) is 65.6 Å². The summed E-state index contributed by atoms with van der Waals surface area (Å²) in [5.74, 6) is -4.05. The molecule has 23 atom stereocenters. The third kappa shape index (κ3) is 17.4. The van der Waals surface area contributed by atoms with Gasteiger partial charge in [0.2, 0.25) is 0 Å². The predicted octanol–water partition coefficient (Wildman–Crippen LogP) is 14.5. The zero-order valence-corrected chi connectivity index (χ0v) is 87.3. The van der Waals surface area contributed by atoms with Gasteiger partial charge in [-0.3, -0.25) is 14.4 Å². The third-order valence-electron chi connectivity index (χ3n) is 31.2. The smallest absolute Gasteiger partial charge is 0.277 e. The molecule has 10 fully saturated rings. The fourth-order valence-corrected chi connectivity index (χ4v) is 24.1. The number of ketones is 1. The van der Waals surface area contributed by atoms with Crippen LogP contribution in [0, 0.1) is 0 Å². The molecule has 28 rings (SSSR count). The van der Waals surface area contributed by atoms with E-state index in [1.807, 2.05) is 159 Å². The number of hydrogen-bond donors (Lipinski definition) is 4. The first-order valence-corrected chi connectivity index (χ1v) is 51.5. The molecular weight excluding hydrogens is 2000 g/mol. The number of aliphatic hydroxyl groups is 3. The number of aromatic nitrogens is 15. The number of nitrogen functional groups attached to an aromatic ring is 1. The van der Waals surface area contributed by atoms with Crippen LogP contribution in [-0.2, 0) is 149 Å². The molecule has 0 unspecified atom stereocenters. The van der Waals surface area contributed by atoms with Crippen molar-refractivity contribution in [2.45, 2.75) is 310 Å². The van der Waals surface area contributed by atoms with Crippen LogP contribution in [0.2, 0.25) is 20.6 Å². The SMILES string of the molecule is CC1(C)O[C@@H]2[C@H](O1)[C@@H](C(=O)c1ccc3c(c1)CC3)O[C@H]2n1ccc2c(Cl)ncnc21.CC1(C)O[C@@H]2[C@H](O1)[C@@H]([C@@](C)(O)c1ccc3c(c1)CC3)O[C@H]2n1ccc2c(Cl)ncnc21.CC1(C)O[C@@H]2[C@H](O1)[C@@H]([C@](C)(O)c1ccc3c(c1)CC3)O[C@H]2n1ccc2c(Cl)ncnc21.CC1(C)O[C@@H]2[C@H](O1)[C@@H]([C@](C)(O)c1ccc3c(c1)CC3)O[C@H]2n1ccc2c(N)ncnc21.CON(C)C(=O)[C@H]1O[C@@H](n2ccc3c(Cl)ncnc32)[C@@H]2OC(C)(C)O[C@@H]21. The molecule has 0 bridgehead atoms. The Morgan fingerprint density at radius 2 is 0.597 bits per heavy atom. The first-order valence-electron chi connectivity index (χ1n) is 50.0. The predicted molar refractivity (Wildman–Crippen MR) is 539 cm³/mol. The maximum Gasteiger partial charge on any atom is 0.277 e. The summed E-state index contributed by atoms with van der Waals surface area (Å²) in [6.45, 7) is 24.0. The average Bonchev–Trinajstić information content (AvgIpc) is 1.59. The van der Waals surface area contributed by atoms with Gasteiger partial charge in [-0.2, -0.15) is 0 Å². The van der Waals surface area contributed by atoms with Gasteiger partial charge in [-0.05, 0) is 239 Å². The topological polar surface area (TPSA) is 425 Å². The van der Waals surface area contributed by atoms with Crippen molar-refractivity contribution in [2.75, 3.05) is 19.9 Å². The highest BCUT2D eigenvalue weighted by molar-refractivity contribution is 6.35. The molecular formula is C107H113Cl4N17O21. The van der Waals surface area contributed by atoms with E-state index < -0.39 is 168 Å². The molecule has 780 valence electrons. The number of anilines is 1. The minimum absolute atomic E-state index is 0.0902. The number of amides is 1. The molecule has 14 aromatic rings. The zero-order valence-electron chi connectivity index (χ0n) is 84.2. The van der Waals surface area contributed by atoms with E-state index in [0.717, 1.165) is 94.7 Å². The van der Waals surface area contributed by atoms with Crippen molar-refractivity contribution in [3.05, 3.63) is 253 Å². The van der Waals surface area contributed by atoms with Gasteiger partial charge in [0.05, 0.1) is 34.0 Å². The van der Waals surface area contributed by atoms with E-state index in [4.69, 9.17) is 128 Å². The first-order chi connectivity index (χ1) is 71.0. The first kappa shape index (κ1) is 100. The van der Waals surface area contributed by atoms with Crippen molar-refractivity contribution >= 4 is 119 Å². The summed E-state index contributed by atoms with van der Waals surface area (Å²) in [7, 11) is 2.93. The van der Waals surface area contributed by atoms with Gasteiger partial charge in [0, 0.05) is 43.6 Å². The van der Waals surface area contributed by atoms with Gasteiger partial charge in [0.25, 0.3) is 5.91 Å². The highest BCUT2D eigenvalue weighted by Crippen LogP contribution is 2.56. The number of Topliss-reactive ketones (excluding diaryl/α,β-unsaturated/α-hetero) is 1. The Morgan fingerprint density at radius 3 is 0.899 bits per heavy atom. The standard InChI is InChI=1S/2C23H24ClN3O4.C23H26N4O4.C22H20ClN3O4.C16H19ClN4O5/c3*1-22(2)30-16-17(31-22)21(27-9-8-15-19(24)25-11-26-20(15)27)29-18(16)23(3,28)14-7-6-12-4-5-13(12)10-14;1-22(2)29-17-16(15(27)13-6-4-11-3-5-12(11)9-13)28-21(18(17)30-22)26-8-7-14-19(23)24-10-25-20(14)26;1-16(2)25-9-10(14(22)20(3)23-4)24-15(11(9)26-16)21-6-5-8-12(17)18-7-19-13(8)21/h2*6-11,16-18,21,28H,4-5H2,1-3H3;6-11,16-18,21,28H,4-5H2,1-3H3,(H2,24,25,26);4,6-10,16-18,21H,3,5H2,1-2H3;5-7,9-11,15H,1-4H3/t16-,17+,18-,21+,23+;16-,17+,18-,21+,23-;16-,17+,18-,21+,23+;16-,17-,18-,21-;9-,10+,11-,15-/m00011/s1. The summed E-state index contributed by atoms with van der Waals surface area (Å²) >= 11 is 24.8. The fraction of sp³-hybridized carbons (Fsp3) is 0.477. The van der Waals surface area contributed by atoms with Crippen LogP contribution < -0.4 is 5.73 Å². The number of ether oxygens (including phenoxy) is 15. The molecule has 14 aliphatic rings. The fourth-order valence-electron chi connectivity index (χ4n) is 23.4. The molecule has 0 radical (unpaired) electrons. The normalized spacial score (nSPS) is 30.1. The van der Waals surface area contributed by atoms with E-state index in [9.17, 15) is 24.9 Å². The molecule has 10 aliphatic heterocycles. The Balaban J connectivity index is 0.0000000994. The van der Waals surface area contributed by atoms with E-state index >= 15 is 0 Å². The Bertz CT molecular complexity index is 7220. The summed E-state index contributed by atoms with van der Waals surface area (Å²) < 4.78 is 103. The van der Waals surface area contributed by atoms with E-state index in [2.05, 4.69) is 86.2 Å². The van der Waals surface area contributed by atoms with Crippen LogP contribution in [-0.4, -0.2) is 239 Å². The molecule has 10 aromatic heterocycles. The minimum Gasteiger partial charge on any atom is -0.383 e. The quantitative estimate of drug-likeness (QED) is 0.0421. The number of rotatable bonds is 15. The molecule has 5 N–H and O–H groups in total. The van der Waals surface area contributed by atoms with Crippen molar-refractivity contribution in [3.8, 4) is 0 Å². The van der Waals surface area contributed by atoms with Gasteiger partial charge in [-0.15, -0.1) is 0 Å². The summed E-state index contributed by atoms with van der Waals surface area (Å²) in [6.07, 6.45) is 13.9. The third-order valence-corrected chi connectivity index (χ3v) is 32.4. The number of halogens is 4. The summed E-state index contributed by atoms with van der Waals surface area (Å²) in [5, 5.41) is 41.3. The monoisotopic (exact) mass is 2110 g/mol. The lowest BCUT2D eigenvalue weighted by Crippen LogP contribution is -2.45. The van der Waals surface area contributed by atoms with Gasteiger partial charge >= 0.3 is 0 Å². The largest absolute Gasteiger partial charge is 0.383 e. The number of hydrogen-bond acceptors (Lipinski definition) is 32. The number of benzene rings is 4. The molecule has 149 heavy (non-hydrogen) atoms. The molecule has 0 spiro atoms. The zero-order chi connectivity index (χ0) is 104. The average molecular weight is 2110 g/mol. The van der Waals surface area contributed by atoms with Crippen LogP contribution in [0.3, 0.4) is 0 Å². The van der Waals surface area contributed by atoms with Crippen LogP contribution in [0.25, 0.3) is 55.2 Å². The maximum atomic E-state index is 13.4. The molecule has 0 saturated carbocycles. The van der Waals surface area contributed by atoms with Crippen LogP contribution in [0.5, 0.6) is 0 Å². The number of carbonyl (C=O) groups is 2. The number of hydroxylamine groups is 2.